The molecule has 0 spiro atoms. The van der Waals surface area contributed by atoms with E-state index in [2.05, 4.69) is 10.6 Å². The highest BCUT2D eigenvalue weighted by molar-refractivity contribution is 5.94. The smallest absolute Gasteiger partial charge is 0.321 e. The molecule has 7 heteroatoms. The summed E-state index contributed by atoms with van der Waals surface area (Å²) in [5.74, 6) is 0.373. The number of ether oxygens (including phenoxy) is 1. The summed E-state index contributed by atoms with van der Waals surface area (Å²) in [4.78, 5) is 27.4. The van der Waals surface area contributed by atoms with Gasteiger partial charge in [-0.15, -0.1) is 0 Å². The lowest BCUT2D eigenvalue weighted by Gasteiger charge is -2.33. The van der Waals surface area contributed by atoms with Crippen LogP contribution in [0.4, 0.5) is 14.9 Å². The molecular formula is C28H30FN3O3. The molecule has 1 aliphatic rings. The van der Waals surface area contributed by atoms with Crippen molar-refractivity contribution in [2.45, 2.75) is 32.2 Å². The van der Waals surface area contributed by atoms with Crippen molar-refractivity contribution in [1.82, 2.24) is 10.2 Å². The Kier molecular flexibility index (Phi) is 7.98. The summed E-state index contributed by atoms with van der Waals surface area (Å²) in [6.07, 6.45) is 1.83. The van der Waals surface area contributed by atoms with Crippen molar-refractivity contribution in [2.75, 3.05) is 25.0 Å². The molecule has 0 radical (unpaired) electrons. The molecule has 2 N–H and O–H groups in total. The quantitative estimate of drug-likeness (QED) is 0.470. The van der Waals surface area contributed by atoms with Crippen molar-refractivity contribution in [3.05, 3.63) is 95.3 Å². The Balaban J connectivity index is 1.36. The maximum Gasteiger partial charge on any atom is 0.321 e. The Morgan fingerprint density at radius 2 is 1.86 bits per heavy atom. The van der Waals surface area contributed by atoms with Crippen LogP contribution in [0.2, 0.25) is 0 Å². The van der Waals surface area contributed by atoms with Crippen LogP contribution in [0, 0.1) is 5.82 Å². The summed E-state index contributed by atoms with van der Waals surface area (Å²) in [6.45, 7) is 4.04. The van der Waals surface area contributed by atoms with Crippen molar-refractivity contribution < 1.29 is 18.7 Å². The number of amides is 3. The lowest BCUT2D eigenvalue weighted by molar-refractivity contribution is 0.0950. The number of hydrogen-bond acceptors (Lipinski definition) is 3. The fourth-order valence-corrected chi connectivity index (χ4v) is 4.30. The summed E-state index contributed by atoms with van der Waals surface area (Å²) in [5, 5.41) is 5.81. The van der Waals surface area contributed by atoms with Crippen LogP contribution in [-0.2, 0) is 6.54 Å². The van der Waals surface area contributed by atoms with E-state index in [1.54, 1.807) is 18.2 Å². The maximum absolute atomic E-state index is 13.4. The zero-order valence-corrected chi connectivity index (χ0v) is 19.8. The molecule has 1 heterocycles. The number of hydrogen-bond donors (Lipinski definition) is 2. The minimum Gasteiger partial charge on any atom is -0.494 e. The summed E-state index contributed by atoms with van der Waals surface area (Å²) in [6, 6.07) is 20.9. The number of likely N-dealkylation sites (tertiary alicyclic amines) is 1. The zero-order chi connectivity index (χ0) is 24.6. The summed E-state index contributed by atoms with van der Waals surface area (Å²) in [5.41, 5.74) is 3.00. The second-order valence-corrected chi connectivity index (χ2v) is 8.61. The van der Waals surface area contributed by atoms with Gasteiger partial charge in [0, 0.05) is 36.8 Å². The average molecular weight is 476 g/mol. The third-order valence-electron chi connectivity index (χ3n) is 6.09. The Hall–Kier alpha value is -3.87. The number of carbonyl (C=O) groups excluding carboxylic acids is 2. The van der Waals surface area contributed by atoms with Crippen LogP contribution in [0.1, 0.15) is 47.2 Å². The first kappa shape index (κ1) is 24.3. The van der Waals surface area contributed by atoms with E-state index < -0.39 is 0 Å². The molecule has 3 amide bonds. The van der Waals surface area contributed by atoms with Crippen molar-refractivity contribution in [2.24, 2.45) is 0 Å². The first-order chi connectivity index (χ1) is 17.0. The van der Waals surface area contributed by atoms with Gasteiger partial charge < -0.3 is 20.3 Å². The Bertz CT molecular complexity index is 1170. The minimum atomic E-state index is -0.327. The standard InChI is InChI=1S/C28H30FN3O3/c1-2-35-26-13-11-25(12-14-26)31-28(34)32-15-5-9-23(19-32)21-7-4-8-22(17-21)27(33)30-18-20-6-3-10-24(29)16-20/h3-4,6-8,10-14,16-17,23H,2,5,9,15,18-19H2,1H3,(H,30,33)(H,31,34)/t23-/m1/s1. The van der Waals surface area contributed by atoms with Gasteiger partial charge in [-0.3, -0.25) is 4.79 Å². The molecule has 35 heavy (non-hydrogen) atoms. The molecule has 4 rings (SSSR count). The fourth-order valence-electron chi connectivity index (χ4n) is 4.30. The summed E-state index contributed by atoms with van der Waals surface area (Å²) < 4.78 is 18.8. The minimum absolute atomic E-state index is 0.136. The number of rotatable bonds is 7. The van der Waals surface area contributed by atoms with Crippen LogP contribution >= 0.6 is 0 Å². The van der Waals surface area contributed by atoms with Crippen LogP contribution < -0.4 is 15.4 Å². The molecule has 182 valence electrons. The summed E-state index contributed by atoms with van der Waals surface area (Å²) in [7, 11) is 0. The van der Waals surface area contributed by atoms with E-state index in [-0.39, 0.29) is 30.2 Å². The monoisotopic (exact) mass is 475 g/mol. The lowest BCUT2D eigenvalue weighted by Crippen LogP contribution is -2.41. The largest absolute Gasteiger partial charge is 0.494 e. The molecule has 1 fully saturated rings. The number of anilines is 1. The fraction of sp³-hybridized carbons (Fsp3) is 0.286. The highest BCUT2D eigenvalue weighted by Crippen LogP contribution is 2.28. The number of urea groups is 1. The molecule has 0 aromatic heterocycles. The molecule has 1 aliphatic heterocycles. The van der Waals surface area contributed by atoms with Gasteiger partial charge in [0.25, 0.3) is 5.91 Å². The van der Waals surface area contributed by atoms with Gasteiger partial charge in [0.15, 0.2) is 0 Å². The van der Waals surface area contributed by atoms with E-state index >= 15 is 0 Å². The second-order valence-electron chi connectivity index (χ2n) is 8.61. The highest BCUT2D eigenvalue weighted by Gasteiger charge is 2.25. The van der Waals surface area contributed by atoms with Crippen molar-refractivity contribution in [3.8, 4) is 5.75 Å². The predicted molar refractivity (Wildman–Crippen MR) is 134 cm³/mol. The molecule has 3 aromatic carbocycles. The normalized spacial score (nSPS) is 15.4. The lowest BCUT2D eigenvalue weighted by atomic mass is 9.89. The zero-order valence-electron chi connectivity index (χ0n) is 19.8. The molecule has 0 unspecified atom stereocenters. The molecular weight excluding hydrogens is 445 g/mol. The van der Waals surface area contributed by atoms with Crippen molar-refractivity contribution in [3.63, 3.8) is 0 Å². The molecule has 1 atom stereocenters. The highest BCUT2D eigenvalue weighted by atomic mass is 19.1. The average Bonchev–Trinajstić information content (AvgIpc) is 2.89. The van der Waals surface area contributed by atoms with Crippen LogP contribution in [0.25, 0.3) is 0 Å². The predicted octanol–water partition coefficient (Wildman–Crippen LogP) is 5.57. The Labute approximate surface area is 205 Å². The third kappa shape index (κ3) is 6.59. The molecule has 3 aromatic rings. The number of carbonyl (C=O) groups is 2. The van der Waals surface area contributed by atoms with Gasteiger partial charge in [-0.25, -0.2) is 9.18 Å². The number of halogens is 1. The van der Waals surface area contributed by atoms with E-state index in [1.165, 1.54) is 12.1 Å². The number of nitrogens with one attached hydrogen (secondary N) is 2. The van der Waals surface area contributed by atoms with Gasteiger partial charge in [0.2, 0.25) is 0 Å². The second kappa shape index (κ2) is 11.5. The van der Waals surface area contributed by atoms with Gasteiger partial charge in [-0.1, -0.05) is 24.3 Å². The van der Waals surface area contributed by atoms with Crippen LogP contribution in [0.5, 0.6) is 5.75 Å². The van der Waals surface area contributed by atoms with Crippen molar-refractivity contribution >= 4 is 17.6 Å². The molecule has 1 saturated heterocycles. The van der Waals surface area contributed by atoms with E-state index in [4.69, 9.17) is 4.74 Å². The molecule has 0 aliphatic carbocycles. The van der Waals surface area contributed by atoms with Crippen molar-refractivity contribution in [1.29, 1.82) is 0 Å². The Morgan fingerprint density at radius 1 is 1.06 bits per heavy atom. The molecule has 0 saturated carbocycles. The first-order valence-electron chi connectivity index (χ1n) is 11.9. The Morgan fingerprint density at radius 3 is 2.63 bits per heavy atom. The van der Waals surface area contributed by atoms with E-state index in [9.17, 15) is 14.0 Å². The van der Waals surface area contributed by atoms with E-state index in [0.717, 1.165) is 29.8 Å². The van der Waals surface area contributed by atoms with Gasteiger partial charge in [-0.05, 0) is 79.4 Å². The first-order valence-corrected chi connectivity index (χ1v) is 11.9. The van der Waals surface area contributed by atoms with Crippen LogP contribution in [-0.4, -0.2) is 36.5 Å². The summed E-state index contributed by atoms with van der Waals surface area (Å²) >= 11 is 0. The molecule has 6 nitrogen and oxygen atoms in total. The van der Waals surface area contributed by atoms with E-state index in [1.807, 2.05) is 54.3 Å². The van der Waals surface area contributed by atoms with Crippen LogP contribution in [0.3, 0.4) is 0 Å². The van der Waals surface area contributed by atoms with Gasteiger partial charge >= 0.3 is 6.03 Å². The van der Waals surface area contributed by atoms with Gasteiger partial charge in [-0.2, -0.15) is 0 Å². The van der Waals surface area contributed by atoms with E-state index in [0.29, 0.717) is 30.8 Å². The SMILES string of the molecule is CCOc1ccc(NC(=O)N2CCC[C@@H](c3cccc(C(=O)NCc4cccc(F)c4)c3)C2)cc1. The third-order valence-corrected chi connectivity index (χ3v) is 6.09. The number of nitrogens with zero attached hydrogens (tertiary/aromatic N) is 1. The number of benzene rings is 3. The topological polar surface area (TPSA) is 70.7 Å². The molecule has 0 bridgehead atoms. The maximum atomic E-state index is 13.4. The van der Waals surface area contributed by atoms with Gasteiger partial charge in [0.1, 0.15) is 11.6 Å². The number of piperidine rings is 1. The van der Waals surface area contributed by atoms with Crippen LogP contribution in [0.15, 0.2) is 72.8 Å². The van der Waals surface area contributed by atoms with Gasteiger partial charge in [0.05, 0.1) is 6.61 Å².